The Morgan fingerprint density at radius 2 is 2.38 bits per heavy atom. The van der Waals surface area contributed by atoms with Crippen molar-refractivity contribution in [2.75, 3.05) is 13.1 Å². The molecule has 1 atom stereocenters. The Morgan fingerprint density at radius 1 is 1.56 bits per heavy atom. The minimum atomic E-state index is -0.227. The van der Waals surface area contributed by atoms with E-state index < -0.39 is 0 Å². The minimum absolute atomic E-state index is 0.227. The molecule has 1 aliphatic rings. The maximum Gasteiger partial charge on any atom is 0.345 e. The van der Waals surface area contributed by atoms with Crippen LogP contribution in [0.15, 0.2) is 11.0 Å². The molecule has 0 radical (unpaired) electrons. The standard InChI is InChI=1S/C12H19N3O/c1-8(2)5-10-7-14-12(16)15-11(10)9-3-4-13-6-9/h7-9,13H,3-6H2,1-2H3,(H,14,15,16). The topological polar surface area (TPSA) is 57.8 Å². The van der Waals surface area contributed by atoms with Crippen molar-refractivity contribution in [3.05, 3.63) is 27.9 Å². The van der Waals surface area contributed by atoms with Crippen LogP contribution in [-0.4, -0.2) is 23.1 Å². The summed E-state index contributed by atoms with van der Waals surface area (Å²) in [4.78, 5) is 18.0. The fourth-order valence-corrected chi connectivity index (χ4v) is 2.30. The number of aromatic nitrogens is 2. The van der Waals surface area contributed by atoms with Gasteiger partial charge in [-0.1, -0.05) is 13.8 Å². The van der Waals surface area contributed by atoms with Gasteiger partial charge in [-0.05, 0) is 30.9 Å². The molecule has 2 heterocycles. The molecule has 1 fully saturated rings. The Labute approximate surface area is 95.5 Å². The van der Waals surface area contributed by atoms with Crippen molar-refractivity contribution in [1.29, 1.82) is 0 Å². The van der Waals surface area contributed by atoms with E-state index in [1.54, 1.807) is 6.20 Å². The molecule has 2 rings (SSSR count). The van der Waals surface area contributed by atoms with E-state index in [-0.39, 0.29) is 5.69 Å². The normalized spacial score (nSPS) is 20.6. The molecule has 0 saturated carbocycles. The molecule has 0 aromatic carbocycles. The van der Waals surface area contributed by atoms with E-state index in [1.807, 2.05) is 0 Å². The van der Waals surface area contributed by atoms with Gasteiger partial charge < -0.3 is 10.3 Å². The highest BCUT2D eigenvalue weighted by Crippen LogP contribution is 2.23. The second kappa shape index (κ2) is 4.78. The Morgan fingerprint density at radius 3 is 3.00 bits per heavy atom. The van der Waals surface area contributed by atoms with Crippen molar-refractivity contribution in [2.24, 2.45) is 5.92 Å². The predicted octanol–water partition coefficient (Wildman–Crippen LogP) is 1.05. The first kappa shape index (κ1) is 11.3. The lowest BCUT2D eigenvalue weighted by Crippen LogP contribution is -2.19. The van der Waals surface area contributed by atoms with Gasteiger partial charge in [0.25, 0.3) is 0 Å². The van der Waals surface area contributed by atoms with Gasteiger partial charge in [0.1, 0.15) is 0 Å². The SMILES string of the molecule is CC(C)Cc1cnc(=O)[nH]c1C1CCNC1. The van der Waals surface area contributed by atoms with Gasteiger partial charge in [0.15, 0.2) is 0 Å². The molecule has 1 aromatic heterocycles. The van der Waals surface area contributed by atoms with E-state index in [0.29, 0.717) is 11.8 Å². The maximum absolute atomic E-state index is 11.3. The van der Waals surface area contributed by atoms with Crippen LogP contribution in [0.25, 0.3) is 0 Å². The molecule has 4 heteroatoms. The van der Waals surface area contributed by atoms with E-state index in [2.05, 4.69) is 29.1 Å². The Bertz CT molecular complexity index is 405. The van der Waals surface area contributed by atoms with Crippen LogP contribution in [0.1, 0.15) is 37.4 Å². The molecule has 88 valence electrons. The molecule has 0 bridgehead atoms. The Kier molecular flexibility index (Phi) is 3.39. The minimum Gasteiger partial charge on any atom is -0.316 e. The fourth-order valence-electron chi connectivity index (χ4n) is 2.30. The van der Waals surface area contributed by atoms with E-state index in [4.69, 9.17) is 0 Å². The lowest BCUT2D eigenvalue weighted by atomic mass is 9.95. The van der Waals surface area contributed by atoms with Gasteiger partial charge in [0.05, 0.1) is 0 Å². The molecule has 1 unspecified atom stereocenters. The molecule has 0 aliphatic carbocycles. The summed E-state index contributed by atoms with van der Waals surface area (Å²) in [5, 5.41) is 3.33. The molecule has 1 saturated heterocycles. The van der Waals surface area contributed by atoms with Crippen molar-refractivity contribution in [1.82, 2.24) is 15.3 Å². The van der Waals surface area contributed by atoms with Gasteiger partial charge in [-0.2, -0.15) is 0 Å². The number of hydrogen-bond acceptors (Lipinski definition) is 3. The number of nitrogens with one attached hydrogen (secondary N) is 2. The number of hydrogen-bond donors (Lipinski definition) is 2. The first-order valence-corrected chi connectivity index (χ1v) is 5.95. The van der Waals surface area contributed by atoms with E-state index >= 15 is 0 Å². The van der Waals surface area contributed by atoms with Crippen LogP contribution < -0.4 is 11.0 Å². The molecular weight excluding hydrogens is 202 g/mol. The van der Waals surface area contributed by atoms with Crippen LogP contribution in [0, 0.1) is 5.92 Å². The molecule has 0 amide bonds. The lowest BCUT2D eigenvalue weighted by Gasteiger charge is -2.14. The first-order valence-electron chi connectivity index (χ1n) is 5.95. The zero-order valence-corrected chi connectivity index (χ0v) is 9.92. The Balaban J connectivity index is 2.31. The summed E-state index contributed by atoms with van der Waals surface area (Å²) in [5.41, 5.74) is 2.07. The van der Waals surface area contributed by atoms with Crippen molar-refractivity contribution in [2.45, 2.75) is 32.6 Å². The van der Waals surface area contributed by atoms with Crippen molar-refractivity contribution in [3.8, 4) is 0 Å². The summed E-state index contributed by atoms with van der Waals surface area (Å²) >= 11 is 0. The van der Waals surface area contributed by atoms with Gasteiger partial charge >= 0.3 is 5.69 Å². The predicted molar refractivity (Wildman–Crippen MR) is 63.6 cm³/mol. The zero-order valence-electron chi connectivity index (χ0n) is 9.92. The van der Waals surface area contributed by atoms with E-state index in [1.165, 1.54) is 5.56 Å². The average Bonchev–Trinajstić information content (AvgIpc) is 2.73. The van der Waals surface area contributed by atoms with Gasteiger partial charge in [-0.15, -0.1) is 0 Å². The highest BCUT2D eigenvalue weighted by atomic mass is 16.1. The molecule has 2 N–H and O–H groups in total. The van der Waals surface area contributed by atoms with Crippen LogP contribution in [0.2, 0.25) is 0 Å². The monoisotopic (exact) mass is 221 g/mol. The second-order valence-electron chi connectivity index (χ2n) is 4.91. The molecule has 16 heavy (non-hydrogen) atoms. The van der Waals surface area contributed by atoms with Crippen LogP contribution in [0.3, 0.4) is 0 Å². The molecule has 4 nitrogen and oxygen atoms in total. The van der Waals surface area contributed by atoms with Crippen LogP contribution in [-0.2, 0) is 6.42 Å². The third kappa shape index (κ3) is 2.50. The zero-order chi connectivity index (χ0) is 11.5. The summed E-state index contributed by atoms with van der Waals surface area (Å²) in [5.74, 6) is 1.03. The number of nitrogens with zero attached hydrogens (tertiary/aromatic N) is 1. The third-order valence-corrected chi connectivity index (χ3v) is 3.02. The van der Waals surface area contributed by atoms with Crippen molar-refractivity contribution >= 4 is 0 Å². The highest BCUT2D eigenvalue weighted by molar-refractivity contribution is 5.22. The van der Waals surface area contributed by atoms with Crippen LogP contribution >= 0.6 is 0 Å². The largest absolute Gasteiger partial charge is 0.345 e. The van der Waals surface area contributed by atoms with Gasteiger partial charge in [-0.25, -0.2) is 9.78 Å². The summed E-state index contributed by atoms with van der Waals surface area (Å²) in [6, 6.07) is 0. The van der Waals surface area contributed by atoms with E-state index in [0.717, 1.165) is 31.6 Å². The summed E-state index contributed by atoms with van der Waals surface area (Å²) in [6.45, 7) is 6.37. The van der Waals surface area contributed by atoms with Crippen LogP contribution in [0.5, 0.6) is 0 Å². The molecule has 1 aromatic rings. The van der Waals surface area contributed by atoms with Gasteiger partial charge in [0.2, 0.25) is 0 Å². The smallest absolute Gasteiger partial charge is 0.316 e. The molecule has 1 aliphatic heterocycles. The first-order chi connectivity index (χ1) is 7.66. The number of aromatic amines is 1. The fraction of sp³-hybridized carbons (Fsp3) is 0.667. The summed E-state index contributed by atoms with van der Waals surface area (Å²) in [6.07, 6.45) is 3.83. The average molecular weight is 221 g/mol. The van der Waals surface area contributed by atoms with Gasteiger partial charge in [-0.3, -0.25) is 0 Å². The maximum atomic E-state index is 11.3. The molecule has 0 spiro atoms. The van der Waals surface area contributed by atoms with Crippen molar-refractivity contribution < 1.29 is 0 Å². The lowest BCUT2D eigenvalue weighted by molar-refractivity contribution is 0.620. The van der Waals surface area contributed by atoms with Gasteiger partial charge in [0, 0.05) is 24.4 Å². The summed E-state index contributed by atoms with van der Waals surface area (Å²) < 4.78 is 0. The number of H-pyrrole nitrogens is 1. The quantitative estimate of drug-likeness (QED) is 0.802. The highest BCUT2D eigenvalue weighted by Gasteiger charge is 2.20. The second-order valence-corrected chi connectivity index (χ2v) is 4.91. The third-order valence-electron chi connectivity index (χ3n) is 3.02. The van der Waals surface area contributed by atoms with E-state index in [9.17, 15) is 4.79 Å². The summed E-state index contributed by atoms with van der Waals surface area (Å²) in [7, 11) is 0. The van der Waals surface area contributed by atoms with Crippen LogP contribution in [0.4, 0.5) is 0 Å². The number of rotatable bonds is 3. The van der Waals surface area contributed by atoms with Crippen molar-refractivity contribution in [3.63, 3.8) is 0 Å². The molecular formula is C12H19N3O. The Hall–Kier alpha value is -1.16.